The number of hydrogen-bond donors (Lipinski definition) is 1. The van der Waals surface area contributed by atoms with Crippen LogP contribution in [0.25, 0.3) is 11.8 Å². The number of hydrogen-bond acceptors (Lipinski definition) is 6. The van der Waals surface area contributed by atoms with Gasteiger partial charge in [0, 0.05) is 29.7 Å². The van der Waals surface area contributed by atoms with Crippen LogP contribution in [0.4, 0.5) is 16.2 Å². The second-order valence-corrected chi connectivity index (χ2v) is 7.26. The van der Waals surface area contributed by atoms with Crippen molar-refractivity contribution in [2.45, 2.75) is 0 Å². The van der Waals surface area contributed by atoms with Crippen LogP contribution >= 0.6 is 11.6 Å². The lowest BCUT2D eigenvalue weighted by Crippen LogP contribution is -2.54. The number of amides is 4. The molecule has 0 atom stereocenters. The highest BCUT2D eigenvalue weighted by Gasteiger charge is 2.37. The molecular weight excluding hydrogens is 452 g/mol. The van der Waals surface area contributed by atoms with Gasteiger partial charge in [0.2, 0.25) is 0 Å². The van der Waals surface area contributed by atoms with Crippen LogP contribution in [0.2, 0.25) is 5.02 Å². The van der Waals surface area contributed by atoms with E-state index >= 15 is 0 Å². The van der Waals surface area contributed by atoms with Gasteiger partial charge < -0.3 is 9.30 Å². The molecule has 2 heterocycles. The van der Waals surface area contributed by atoms with Crippen LogP contribution < -0.4 is 15.0 Å². The molecule has 2 aromatic carbocycles. The van der Waals surface area contributed by atoms with Gasteiger partial charge in [-0.15, -0.1) is 0 Å². The number of nitrogens with one attached hydrogen (secondary N) is 1. The van der Waals surface area contributed by atoms with E-state index in [0.29, 0.717) is 17.1 Å². The topological polar surface area (TPSA) is 124 Å². The molecule has 0 radical (unpaired) electrons. The zero-order valence-electron chi connectivity index (χ0n) is 17.0. The third-order valence-electron chi connectivity index (χ3n) is 4.91. The molecule has 4 rings (SSSR count). The van der Waals surface area contributed by atoms with Gasteiger partial charge in [0.1, 0.15) is 11.3 Å². The van der Waals surface area contributed by atoms with Gasteiger partial charge in [0.25, 0.3) is 17.5 Å². The molecule has 3 aromatic rings. The van der Waals surface area contributed by atoms with Gasteiger partial charge in [-0.1, -0.05) is 11.6 Å². The first-order valence-electron chi connectivity index (χ1n) is 9.47. The number of urea groups is 1. The molecule has 0 aliphatic carbocycles. The fourth-order valence-corrected chi connectivity index (χ4v) is 3.57. The number of ether oxygens (including phenoxy) is 1. The smallest absolute Gasteiger partial charge is 0.335 e. The number of aromatic nitrogens is 1. The van der Waals surface area contributed by atoms with Crippen LogP contribution in [0.1, 0.15) is 5.69 Å². The SMILES string of the molecule is COc1ccc(N2C(=O)NC(=O)/C(=C/c3cccn3-c3ccc([N+](=O)[O-])cc3)C2=O)cc1Cl. The Hall–Kier alpha value is -4.44. The summed E-state index contributed by atoms with van der Waals surface area (Å²) in [6.45, 7) is 0. The Morgan fingerprint density at radius 2 is 1.76 bits per heavy atom. The standard InChI is InChI=1S/C22H15ClN4O6/c1-33-19-9-8-16(12-18(19)23)26-21(29)17(20(28)24-22(26)30)11-15-3-2-10-25(15)13-4-6-14(7-5-13)27(31)32/h2-12H,1H3,(H,24,28,30)/b17-11-. The lowest BCUT2D eigenvalue weighted by Gasteiger charge is -2.26. The average molecular weight is 467 g/mol. The molecule has 4 amide bonds. The Labute approximate surface area is 191 Å². The highest BCUT2D eigenvalue weighted by atomic mass is 35.5. The molecule has 166 valence electrons. The molecule has 1 aliphatic rings. The van der Waals surface area contributed by atoms with Crippen molar-refractivity contribution in [1.82, 2.24) is 9.88 Å². The zero-order chi connectivity index (χ0) is 23.7. The van der Waals surface area contributed by atoms with Crippen LogP contribution in [0, 0.1) is 10.1 Å². The van der Waals surface area contributed by atoms with Gasteiger partial charge in [-0.2, -0.15) is 0 Å². The summed E-state index contributed by atoms with van der Waals surface area (Å²) >= 11 is 6.12. The second kappa shape index (κ2) is 8.60. The molecule has 1 saturated heterocycles. The number of non-ortho nitro benzene ring substituents is 1. The van der Waals surface area contributed by atoms with Crippen molar-refractivity contribution in [2.75, 3.05) is 12.0 Å². The van der Waals surface area contributed by atoms with E-state index in [1.54, 1.807) is 22.9 Å². The molecule has 1 aromatic heterocycles. The van der Waals surface area contributed by atoms with Crippen molar-refractivity contribution in [2.24, 2.45) is 0 Å². The van der Waals surface area contributed by atoms with Crippen LogP contribution in [0.15, 0.2) is 66.4 Å². The fraction of sp³-hybridized carbons (Fsp3) is 0.0455. The summed E-state index contributed by atoms with van der Waals surface area (Å²) in [6, 6.07) is 12.5. The van der Waals surface area contributed by atoms with E-state index in [2.05, 4.69) is 5.32 Å². The predicted molar refractivity (Wildman–Crippen MR) is 119 cm³/mol. The number of carbonyl (C=O) groups excluding carboxylic acids is 3. The highest BCUT2D eigenvalue weighted by Crippen LogP contribution is 2.31. The van der Waals surface area contributed by atoms with E-state index in [0.717, 1.165) is 4.90 Å². The zero-order valence-corrected chi connectivity index (χ0v) is 17.8. The molecule has 33 heavy (non-hydrogen) atoms. The Kier molecular flexibility index (Phi) is 5.67. The first kappa shape index (κ1) is 21.8. The Morgan fingerprint density at radius 3 is 2.39 bits per heavy atom. The summed E-state index contributed by atoms with van der Waals surface area (Å²) in [4.78, 5) is 49.2. The molecule has 0 spiro atoms. The minimum absolute atomic E-state index is 0.0695. The van der Waals surface area contributed by atoms with Crippen molar-refractivity contribution >= 4 is 46.9 Å². The van der Waals surface area contributed by atoms with E-state index in [9.17, 15) is 24.5 Å². The van der Waals surface area contributed by atoms with Gasteiger partial charge >= 0.3 is 6.03 Å². The second-order valence-electron chi connectivity index (χ2n) is 6.85. The van der Waals surface area contributed by atoms with E-state index in [4.69, 9.17) is 16.3 Å². The van der Waals surface area contributed by atoms with Crippen LogP contribution in [-0.4, -0.2) is 34.4 Å². The maximum Gasteiger partial charge on any atom is 0.335 e. The molecule has 1 fully saturated rings. The van der Waals surface area contributed by atoms with Crippen molar-refractivity contribution in [3.05, 3.63) is 87.2 Å². The summed E-state index contributed by atoms with van der Waals surface area (Å²) in [5.74, 6) is -1.32. The molecule has 0 bridgehead atoms. The minimum Gasteiger partial charge on any atom is -0.495 e. The van der Waals surface area contributed by atoms with Crippen LogP contribution in [0.5, 0.6) is 5.75 Å². The molecule has 0 saturated carbocycles. The van der Waals surface area contributed by atoms with Gasteiger partial charge in [-0.05, 0) is 48.5 Å². The lowest BCUT2D eigenvalue weighted by atomic mass is 10.1. The summed E-state index contributed by atoms with van der Waals surface area (Å²) in [5, 5.41) is 13.2. The van der Waals surface area contributed by atoms with Gasteiger partial charge in [0.05, 0.1) is 22.7 Å². The van der Waals surface area contributed by atoms with Crippen molar-refractivity contribution in [3.8, 4) is 11.4 Å². The first-order chi connectivity index (χ1) is 15.8. The number of benzene rings is 2. The predicted octanol–water partition coefficient (Wildman–Crippen LogP) is 3.71. The van der Waals surface area contributed by atoms with E-state index < -0.39 is 22.8 Å². The molecule has 10 nitrogen and oxygen atoms in total. The van der Waals surface area contributed by atoms with Crippen LogP contribution in [0.3, 0.4) is 0 Å². The monoisotopic (exact) mass is 466 g/mol. The summed E-state index contributed by atoms with van der Waals surface area (Å²) in [6.07, 6.45) is 3.01. The number of barbiturate groups is 1. The van der Waals surface area contributed by atoms with Gasteiger partial charge in [0.15, 0.2) is 0 Å². The lowest BCUT2D eigenvalue weighted by molar-refractivity contribution is -0.384. The van der Waals surface area contributed by atoms with E-state index in [-0.39, 0.29) is 22.0 Å². The molecule has 11 heteroatoms. The van der Waals surface area contributed by atoms with E-state index in [1.807, 2.05) is 0 Å². The molecular formula is C22H15ClN4O6. The summed E-state index contributed by atoms with van der Waals surface area (Å²) in [5.41, 5.74) is 0.844. The largest absolute Gasteiger partial charge is 0.495 e. The molecule has 1 aliphatic heterocycles. The average Bonchev–Trinajstić information content (AvgIpc) is 3.25. The normalized spacial score (nSPS) is 15.0. The number of imide groups is 2. The Balaban J connectivity index is 1.71. The fourth-order valence-electron chi connectivity index (χ4n) is 3.32. The number of anilines is 1. The van der Waals surface area contributed by atoms with Crippen molar-refractivity contribution in [1.29, 1.82) is 0 Å². The van der Waals surface area contributed by atoms with Crippen molar-refractivity contribution < 1.29 is 24.0 Å². The highest BCUT2D eigenvalue weighted by molar-refractivity contribution is 6.39. The minimum atomic E-state index is -0.908. The summed E-state index contributed by atoms with van der Waals surface area (Å²) < 4.78 is 6.72. The number of methoxy groups -OCH3 is 1. The maximum absolute atomic E-state index is 13.1. The number of nitro benzene ring substituents is 1. The molecule has 0 unspecified atom stereocenters. The summed E-state index contributed by atoms with van der Waals surface area (Å²) in [7, 11) is 1.43. The van der Waals surface area contributed by atoms with Gasteiger partial charge in [-0.3, -0.25) is 25.0 Å². The van der Waals surface area contributed by atoms with Gasteiger partial charge in [-0.25, -0.2) is 9.69 Å². The van der Waals surface area contributed by atoms with Crippen LogP contribution in [-0.2, 0) is 9.59 Å². The van der Waals surface area contributed by atoms with Crippen molar-refractivity contribution in [3.63, 3.8) is 0 Å². The maximum atomic E-state index is 13.1. The number of nitro groups is 1. The Morgan fingerprint density at radius 1 is 1.06 bits per heavy atom. The number of nitrogens with zero attached hydrogens (tertiary/aromatic N) is 3. The number of carbonyl (C=O) groups is 3. The molecule has 1 N–H and O–H groups in total. The number of halogens is 1. The number of rotatable bonds is 5. The third kappa shape index (κ3) is 4.06. The third-order valence-corrected chi connectivity index (χ3v) is 5.20. The first-order valence-corrected chi connectivity index (χ1v) is 9.85. The Bertz CT molecular complexity index is 1330. The van der Waals surface area contributed by atoms with E-state index in [1.165, 1.54) is 55.7 Å². The quantitative estimate of drug-likeness (QED) is 0.264.